The highest BCUT2D eigenvalue weighted by Gasteiger charge is 2.19. The van der Waals surface area contributed by atoms with Crippen molar-refractivity contribution in [2.75, 3.05) is 20.6 Å². The van der Waals surface area contributed by atoms with Gasteiger partial charge in [0, 0.05) is 24.2 Å². The van der Waals surface area contributed by atoms with Gasteiger partial charge in [-0.15, -0.1) is 0 Å². The van der Waals surface area contributed by atoms with Crippen LogP contribution in [0.4, 0.5) is 4.39 Å². The number of hydrogen-bond donors (Lipinski definition) is 2. The first-order valence-electron chi connectivity index (χ1n) is 5.68. The van der Waals surface area contributed by atoms with Crippen molar-refractivity contribution in [3.8, 4) is 5.75 Å². The average Bonchev–Trinajstić information content (AvgIpc) is 2.22. The van der Waals surface area contributed by atoms with Crippen LogP contribution in [0.2, 0.25) is 0 Å². The molecule has 0 aliphatic rings. The number of benzene rings is 1. The fourth-order valence-electron chi connectivity index (χ4n) is 1.36. The molecule has 0 aliphatic heterocycles. The first kappa shape index (κ1) is 13.9. The Balaban J connectivity index is 2.54. The third kappa shape index (κ3) is 3.98. The molecule has 0 atom stereocenters. The number of nitrogens with one attached hydrogen (secondary N) is 1. The van der Waals surface area contributed by atoms with Crippen molar-refractivity contribution >= 4 is 0 Å². The molecule has 17 heavy (non-hydrogen) atoms. The van der Waals surface area contributed by atoms with E-state index < -0.39 is 0 Å². The Morgan fingerprint density at radius 1 is 1.35 bits per heavy atom. The van der Waals surface area contributed by atoms with Crippen molar-refractivity contribution in [1.29, 1.82) is 0 Å². The molecule has 1 rings (SSSR count). The van der Waals surface area contributed by atoms with Crippen LogP contribution in [-0.2, 0) is 6.54 Å². The molecule has 0 fully saturated rings. The zero-order valence-corrected chi connectivity index (χ0v) is 10.9. The van der Waals surface area contributed by atoms with Crippen LogP contribution in [0.5, 0.6) is 5.75 Å². The van der Waals surface area contributed by atoms with E-state index in [0.717, 1.165) is 6.54 Å². The summed E-state index contributed by atoms with van der Waals surface area (Å²) in [6, 6.07) is 3.98. The fourth-order valence-corrected chi connectivity index (χ4v) is 1.36. The first-order valence-corrected chi connectivity index (χ1v) is 5.68. The molecule has 4 heteroatoms. The molecule has 0 saturated carbocycles. The highest BCUT2D eigenvalue weighted by molar-refractivity contribution is 5.32. The molecule has 0 unspecified atom stereocenters. The minimum Gasteiger partial charge on any atom is -0.508 e. The molecule has 0 heterocycles. The van der Waals surface area contributed by atoms with E-state index in [-0.39, 0.29) is 17.1 Å². The maximum atomic E-state index is 13.0. The number of hydrogen-bond acceptors (Lipinski definition) is 3. The van der Waals surface area contributed by atoms with Gasteiger partial charge < -0.3 is 15.3 Å². The predicted molar refractivity (Wildman–Crippen MR) is 67.5 cm³/mol. The summed E-state index contributed by atoms with van der Waals surface area (Å²) in [5.41, 5.74) is 0.600. The molecule has 2 N–H and O–H groups in total. The minimum absolute atomic E-state index is 0.0168. The summed E-state index contributed by atoms with van der Waals surface area (Å²) < 4.78 is 13.0. The van der Waals surface area contributed by atoms with Crippen LogP contribution < -0.4 is 5.32 Å². The third-order valence-corrected chi connectivity index (χ3v) is 3.13. The van der Waals surface area contributed by atoms with E-state index in [4.69, 9.17) is 0 Å². The first-order chi connectivity index (χ1) is 7.83. The van der Waals surface area contributed by atoms with Crippen molar-refractivity contribution in [3.05, 3.63) is 29.6 Å². The van der Waals surface area contributed by atoms with Gasteiger partial charge in [-0.2, -0.15) is 0 Å². The minimum atomic E-state index is -0.327. The molecule has 3 nitrogen and oxygen atoms in total. The summed E-state index contributed by atoms with van der Waals surface area (Å²) in [5, 5.41) is 12.8. The average molecular weight is 240 g/mol. The zero-order chi connectivity index (χ0) is 13.1. The fraction of sp³-hybridized carbons (Fsp3) is 0.538. The normalized spacial score (nSPS) is 12.1. The molecule has 0 aliphatic carbocycles. The van der Waals surface area contributed by atoms with Gasteiger partial charge in [0.05, 0.1) is 0 Å². The molecular weight excluding hydrogens is 219 g/mol. The van der Waals surface area contributed by atoms with E-state index in [1.54, 1.807) is 0 Å². The van der Waals surface area contributed by atoms with E-state index in [1.165, 1.54) is 18.2 Å². The van der Waals surface area contributed by atoms with Gasteiger partial charge in [0.1, 0.15) is 11.6 Å². The Labute approximate surface area is 102 Å². The van der Waals surface area contributed by atoms with Crippen molar-refractivity contribution < 1.29 is 9.50 Å². The zero-order valence-electron chi connectivity index (χ0n) is 10.9. The number of phenols is 1. The lowest BCUT2D eigenvalue weighted by molar-refractivity contribution is 0.189. The Bertz CT molecular complexity index is 378. The Morgan fingerprint density at radius 3 is 2.59 bits per heavy atom. The van der Waals surface area contributed by atoms with Gasteiger partial charge in [0.25, 0.3) is 0 Å². The summed E-state index contributed by atoms with van der Waals surface area (Å²) in [6.07, 6.45) is 0. The van der Waals surface area contributed by atoms with Gasteiger partial charge in [-0.05, 0) is 46.1 Å². The van der Waals surface area contributed by atoms with Crippen molar-refractivity contribution in [1.82, 2.24) is 10.2 Å². The summed E-state index contributed by atoms with van der Waals surface area (Å²) in [6.45, 7) is 5.45. The quantitative estimate of drug-likeness (QED) is 0.826. The molecule has 1 aromatic rings. The highest BCUT2D eigenvalue weighted by atomic mass is 19.1. The van der Waals surface area contributed by atoms with Crippen LogP contribution in [0.25, 0.3) is 0 Å². The molecule has 0 spiro atoms. The number of halogens is 1. The van der Waals surface area contributed by atoms with Gasteiger partial charge in [0.2, 0.25) is 0 Å². The van der Waals surface area contributed by atoms with E-state index >= 15 is 0 Å². The van der Waals surface area contributed by atoms with Gasteiger partial charge in [0.15, 0.2) is 0 Å². The van der Waals surface area contributed by atoms with Crippen LogP contribution in [0, 0.1) is 5.82 Å². The summed E-state index contributed by atoms with van der Waals surface area (Å²) in [7, 11) is 4.03. The smallest absolute Gasteiger partial charge is 0.123 e. The largest absolute Gasteiger partial charge is 0.508 e. The van der Waals surface area contributed by atoms with Crippen LogP contribution in [0.3, 0.4) is 0 Å². The maximum absolute atomic E-state index is 13.0. The lowest BCUT2D eigenvalue weighted by Gasteiger charge is -2.32. The Hall–Kier alpha value is -1.13. The van der Waals surface area contributed by atoms with E-state index in [9.17, 15) is 9.50 Å². The van der Waals surface area contributed by atoms with Crippen LogP contribution >= 0.6 is 0 Å². The van der Waals surface area contributed by atoms with Gasteiger partial charge in [-0.1, -0.05) is 0 Å². The number of likely N-dealkylation sites (N-methyl/N-ethyl adjacent to an activating group) is 1. The van der Waals surface area contributed by atoms with Crippen LogP contribution in [0.15, 0.2) is 18.2 Å². The van der Waals surface area contributed by atoms with E-state index in [2.05, 4.69) is 24.1 Å². The molecule has 0 bridgehead atoms. The number of phenolic OH excluding ortho intramolecular Hbond substituents is 1. The number of aromatic hydroxyl groups is 1. The van der Waals surface area contributed by atoms with Gasteiger partial charge in [-0.3, -0.25) is 0 Å². The molecule has 96 valence electrons. The summed E-state index contributed by atoms with van der Waals surface area (Å²) in [5.74, 6) is -0.201. The molecule has 0 radical (unpaired) electrons. The van der Waals surface area contributed by atoms with Gasteiger partial charge in [-0.25, -0.2) is 4.39 Å². The van der Waals surface area contributed by atoms with Crippen LogP contribution in [0.1, 0.15) is 19.4 Å². The third-order valence-electron chi connectivity index (χ3n) is 3.13. The Kier molecular flexibility index (Phi) is 4.48. The topological polar surface area (TPSA) is 35.5 Å². The molecule has 1 aromatic carbocycles. The van der Waals surface area contributed by atoms with E-state index in [0.29, 0.717) is 12.1 Å². The predicted octanol–water partition coefficient (Wildman–Crippen LogP) is 1.96. The lowest BCUT2D eigenvalue weighted by atomic mass is 10.0. The summed E-state index contributed by atoms with van der Waals surface area (Å²) in [4.78, 5) is 2.12. The second-order valence-corrected chi connectivity index (χ2v) is 5.08. The standard InChI is InChI=1S/C13H21FN2O/c1-13(2,16(3)4)9-15-8-10-7-11(14)5-6-12(10)17/h5-7,15,17H,8-9H2,1-4H3. The molecule has 0 amide bonds. The number of nitrogens with zero attached hydrogens (tertiary/aromatic N) is 1. The molecular formula is C13H21FN2O. The second-order valence-electron chi connectivity index (χ2n) is 5.08. The van der Waals surface area contributed by atoms with Crippen molar-refractivity contribution in [2.45, 2.75) is 25.9 Å². The highest BCUT2D eigenvalue weighted by Crippen LogP contribution is 2.17. The van der Waals surface area contributed by atoms with Crippen LogP contribution in [-0.4, -0.2) is 36.2 Å². The number of rotatable bonds is 5. The lowest BCUT2D eigenvalue weighted by Crippen LogP contribution is -2.46. The van der Waals surface area contributed by atoms with Crippen molar-refractivity contribution in [3.63, 3.8) is 0 Å². The van der Waals surface area contributed by atoms with E-state index in [1.807, 2.05) is 14.1 Å². The second kappa shape index (κ2) is 5.47. The maximum Gasteiger partial charge on any atom is 0.123 e. The van der Waals surface area contributed by atoms with Gasteiger partial charge >= 0.3 is 0 Å². The monoisotopic (exact) mass is 240 g/mol. The Morgan fingerprint density at radius 2 is 2.00 bits per heavy atom. The molecule has 0 aromatic heterocycles. The SMILES string of the molecule is CN(C)C(C)(C)CNCc1cc(F)ccc1O. The molecule has 0 saturated heterocycles. The van der Waals surface area contributed by atoms with Crippen molar-refractivity contribution in [2.24, 2.45) is 0 Å². The summed E-state index contributed by atoms with van der Waals surface area (Å²) >= 11 is 0.